The lowest BCUT2D eigenvalue weighted by atomic mass is 10.5. The maximum Gasteiger partial charge on any atom is 0.0955 e. The van der Waals surface area contributed by atoms with Crippen LogP contribution in [0.3, 0.4) is 0 Å². The van der Waals surface area contributed by atoms with Gasteiger partial charge in [-0.2, -0.15) is 0 Å². The first-order chi connectivity index (χ1) is 4.31. The molecule has 2 nitrogen and oxygen atoms in total. The minimum absolute atomic E-state index is 0.337. The second-order valence-corrected chi connectivity index (χ2v) is 3.39. The quantitative estimate of drug-likeness (QED) is 0.327. The van der Waals surface area contributed by atoms with Crippen LogP contribution in [0, 0.1) is 0 Å². The van der Waals surface area contributed by atoms with Crippen LogP contribution in [0.5, 0.6) is 0 Å². The predicted molar refractivity (Wildman–Crippen MR) is 44.1 cm³/mol. The highest BCUT2D eigenvalue weighted by atomic mass is 79.9. The first-order valence-electron chi connectivity index (χ1n) is 2.75. The van der Waals surface area contributed by atoms with Gasteiger partial charge in [0.05, 0.1) is 18.0 Å². The molecule has 0 aliphatic carbocycles. The molecular weight excluding hydrogens is 252 g/mol. The molecular formula is C5H10Br2O2. The van der Waals surface area contributed by atoms with E-state index < -0.39 is 0 Å². The summed E-state index contributed by atoms with van der Waals surface area (Å²) in [5.74, 6) is 0. The lowest BCUT2D eigenvalue weighted by Gasteiger charge is -2.03. The molecule has 0 aliphatic rings. The molecule has 0 fully saturated rings. The summed E-state index contributed by atoms with van der Waals surface area (Å²) in [7, 11) is 0. The smallest absolute Gasteiger partial charge is 0.0955 e. The van der Waals surface area contributed by atoms with Crippen LogP contribution in [-0.2, 0) is 9.78 Å². The lowest BCUT2D eigenvalue weighted by molar-refractivity contribution is -0.289. The largest absolute Gasteiger partial charge is 0.237 e. The molecule has 1 atom stereocenters. The molecule has 0 rings (SSSR count). The highest BCUT2D eigenvalue weighted by Gasteiger charge is 2.00. The summed E-state index contributed by atoms with van der Waals surface area (Å²) in [6.45, 7) is 3.07. The molecule has 0 aromatic rings. The normalized spacial score (nSPS) is 13.7. The molecule has 0 spiro atoms. The third kappa shape index (κ3) is 6.77. The summed E-state index contributed by atoms with van der Waals surface area (Å²) in [5, 5.41) is 0.875. The van der Waals surface area contributed by atoms with Gasteiger partial charge in [0, 0.05) is 5.33 Å². The van der Waals surface area contributed by atoms with E-state index >= 15 is 0 Å². The van der Waals surface area contributed by atoms with Crippen molar-refractivity contribution in [3.8, 4) is 0 Å². The van der Waals surface area contributed by atoms with E-state index in [0.29, 0.717) is 18.0 Å². The van der Waals surface area contributed by atoms with Gasteiger partial charge in [-0.3, -0.25) is 0 Å². The number of halogens is 2. The van der Waals surface area contributed by atoms with Gasteiger partial charge in [-0.05, 0) is 6.92 Å². The van der Waals surface area contributed by atoms with E-state index in [1.54, 1.807) is 0 Å². The highest BCUT2D eigenvalue weighted by Crippen LogP contribution is 2.03. The summed E-state index contributed by atoms with van der Waals surface area (Å²) in [5.41, 5.74) is 0. The van der Waals surface area contributed by atoms with Crippen LogP contribution in [0.25, 0.3) is 0 Å². The summed E-state index contributed by atoms with van der Waals surface area (Å²) in [4.78, 5) is 9.75. The van der Waals surface area contributed by atoms with Crippen molar-refractivity contribution in [1.82, 2.24) is 0 Å². The lowest BCUT2D eigenvalue weighted by Crippen LogP contribution is -2.09. The molecule has 0 saturated carbocycles. The Morgan fingerprint density at radius 3 is 2.56 bits per heavy atom. The molecule has 9 heavy (non-hydrogen) atoms. The molecule has 0 aromatic carbocycles. The van der Waals surface area contributed by atoms with Crippen molar-refractivity contribution in [3.05, 3.63) is 0 Å². The average Bonchev–Trinajstić information content (AvgIpc) is 1.89. The Kier molecular flexibility index (Phi) is 7.68. The van der Waals surface area contributed by atoms with Crippen LogP contribution in [0.2, 0.25) is 0 Å². The molecule has 0 amide bonds. The third-order valence-corrected chi connectivity index (χ3v) is 2.86. The summed E-state index contributed by atoms with van der Waals surface area (Å²) < 4.78 is 0. The SMILES string of the molecule is CCOOCC(Br)CBr. The van der Waals surface area contributed by atoms with E-state index in [2.05, 4.69) is 36.7 Å². The zero-order chi connectivity index (χ0) is 7.11. The number of hydrogen-bond acceptors (Lipinski definition) is 2. The standard InChI is InChI=1S/C5H10Br2O2/c1-2-8-9-4-5(7)3-6/h5H,2-4H2,1H3. The van der Waals surface area contributed by atoms with Gasteiger partial charge in [0.1, 0.15) is 0 Å². The van der Waals surface area contributed by atoms with Crippen LogP contribution >= 0.6 is 31.9 Å². The molecule has 0 radical (unpaired) electrons. The van der Waals surface area contributed by atoms with Gasteiger partial charge in [0.25, 0.3) is 0 Å². The minimum Gasteiger partial charge on any atom is -0.237 e. The number of rotatable bonds is 5. The van der Waals surface area contributed by atoms with Gasteiger partial charge < -0.3 is 0 Å². The Morgan fingerprint density at radius 2 is 2.11 bits per heavy atom. The molecule has 0 bridgehead atoms. The minimum atomic E-state index is 0.337. The first kappa shape index (κ1) is 9.88. The number of alkyl halides is 2. The summed E-state index contributed by atoms with van der Waals surface area (Å²) in [6.07, 6.45) is 0. The van der Waals surface area contributed by atoms with Crippen molar-refractivity contribution in [2.75, 3.05) is 18.5 Å². The van der Waals surface area contributed by atoms with Crippen molar-refractivity contribution in [2.24, 2.45) is 0 Å². The Morgan fingerprint density at radius 1 is 1.44 bits per heavy atom. The Balaban J connectivity index is 2.88. The molecule has 0 N–H and O–H groups in total. The van der Waals surface area contributed by atoms with Crippen molar-refractivity contribution >= 4 is 31.9 Å². The van der Waals surface area contributed by atoms with Crippen LogP contribution in [0.15, 0.2) is 0 Å². The van der Waals surface area contributed by atoms with Crippen molar-refractivity contribution in [3.63, 3.8) is 0 Å². The van der Waals surface area contributed by atoms with Crippen LogP contribution in [0.4, 0.5) is 0 Å². The molecule has 0 saturated heterocycles. The van der Waals surface area contributed by atoms with Gasteiger partial charge in [-0.15, -0.1) is 0 Å². The van der Waals surface area contributed by atoms with Crippen molar-refractivity contribution in [2.45, 2.75) is 11.8 Å². The molecule has 0 aliphatic heterocycles. The zero-order valence-corrected chi connectivity index (χ0v) is 8.44. The zero-order valence-electron chi connectivity index (χ0n) is 5.27. The van der Waals surface area contributed by atoms with Crippen LogP contribution in [-0.4, -0.2) is 23.4 Å². The first-order valence-corrected chi connectivity index (χ1v) is 4.79. The fourth-order valence-electron chi connectivity index (χ4n) is 0.250. The van der Waals surface area contributed by atoms with E-state index in [-0.39, 0.29) is 0 Å². The Hall–Kier alpha value is 0.880. The molecule has 0 aromatic heterocycles. The van der Waals surface area contributed by atoms with Crippen molar-refractivity contribution < 1.29 is 9.78 Å². The second-order valence-electron chi connectivity index (χ2n) is 1.44. The second kappa shape index (κ2) is 6.99. The van der Waals surface area contributed by atoms with E-state index in [0.717, 1.165) is 5.33 Å². The fraction of sp³-hybridized carbons (Fsp3) is 1.00. The highest BCUT2D eigenvalue weighted by molar-refractivity contribution is 9.12. The summed E-state index contributed by atoms with van der Waals surface area (Å²) >= 11 is 6.64. The average molecular weight is 262 g/mol. The topological polar surface area (TPSA) is 18.5 Å². The maximum absolute atomic E-state index is 4.76. The summed E-state index contributed by atoms with van der Waals surface area (Å²) in [6, 6.07) is 0. The Labute approximate surface area is 72.1 Å². The van der Waals surface area contributed by atoms with E-state index in [1.807, 2.05) is 6.92 Å². The molecule has 4 heteroatoms. The third-order valence-electron chi connectivity index (χ3n) is 0.618. The van der Waals surface area contributed by atoms with Gasteiger partial charge in [-0.25, -0.2) is 9.78 Å². The van der Waals surface area contributed by atoms with E-state index in [4.69, 9.17) is 4.89 Å². The van der Waals surface area contributed by atoms with Gasteiger partial charge in [-0.1, -0.05) is 31.9 Å². The van der Waals surface area contributed by atoms with Gasteiger partial charge in [0.2, 0.25) is 0 Å². The monoisotopic (exact) mass is 260 g/mol. The van der Waals surface area contributed by atoms with E-state index in [9.17, 15) is 0 Å². The number of hydrogen-bond donors (Lipinski definition) is 0. The maximum atomic E-state index is 4.76. The molecule has 56 valence electrons. The Bertz CT molecular complexity index is 60.9. The van der Waals surface area contributed by atoms with Crippen LogP contribution < -0.4 is 0 Å². The molecule has 1 unspecified atom stereocenters. The van der Waals surface area contributed by atoms with Gasteiger partial charge in [0.15, 0.2) is 0 Å². The molecule has 0 heterocycles. The van der Waals surface area contributed by atoms with Crippen molar-refractivity contribution in [1.29, 1.82) is 0 Å². The van der Waals surface area contributed by atoms with Gasteiger partial charge >= 0.3 is 0 Å². The van der Waals surface area contributed by atoms with E-state index in [1.165, 1.54) is 0 Å². The fourth-order valence-corrected chi connectivity index (χ4v) is 0.545. The predicted octanol–water partition coefficient (Wildman–Crippen LogP) is 2.11. The van der Waals surface area contributed by atoms with Crippen LogP contribution in [0.1, 0.15) is 6.92 Å².